The molecule has 1 saturated heterocycles. The Kier molecular flexibility index (Phi) is 5.89. The van der Waals surface area contributed by atoms with Crippen LogP contribution in [-0.4, -0.2) is 27.9 Å². The van der Waals surface area contributed by atoms with E-state index in [2.05, 4.69) is 11.6 Å². The first-order valence-corrected chi connectivity index (χ1v) is 10.3. The number of carbonyl (C=O) groups excluding carboxylic acids is 1. The summed E-state index contributed by atoms with van der Waals surface area (Å²) in [7, 11) is 0. The van der Waals surface area contributed by atoms with Gasteiger partial charge in [0.15, 0.2) is 4.90 Å². The molecule has 1 heterocycles. The van der Waals surface area contributed by atoms with Gasteiger partial charge in [0.2, 0.25) is 0 Å². The number of likely N-dealkylation sites (tertiary alicyclic amines) is 1. The molecule has 0 spiro atoms. The number of piperidine rings is 1. The van der Waals surface area contributed by atoms with Gasteiger partial charge in [-0.25, -0.2) is 4.72 Å². The van der Waals surface area contributed by atoms with E-state index >= 15 is 0 Å². The van der Waals surface area contributed by atoms with Crippen LogP contribution in [0.3, 0.4) is 0 Å². The van der Waals surface area contributed by atoms with Crippen LogP contribution in [0, 0.1) is 13.8 Å². The van der Waals surface area contributed by atoms with E-state index in [1.54, 1.807) is 6.07 Å². The standard InChI is InChI=1S/C21H26N2O2S/c1-15-10-11-16(2)20(13-15)26(25)22-19-9-6-8-18(14-19)21(24)23-12-5-4-7-17(23)3/h6,8-11,13-14,17,22H,4-5,7,12H2,1-3H3. The molecule has 2 unspecified atom stereocenters. The maximum absolute atomic E-state index is 12.8. The molecule has 2 aromatic rings. The number of aryl methyl sites for hydroxylation is 2. The van der Waals surface area contributed by atoms with Gasteiger partial charge in [-0.15, -0.1) is 0 Å². The first-order chi connectivity index (χ1) is 12.5. The summed E-state index contributed by atoms with van der Waals surface area (Å²) in [6.45, 7) is 6.85. The lowest BCUT2D eigenvalue weighted by Crippen LogP contribution is -2.42. The van der Waals surface area contributed by atoms with E-state index in [-0.39, 0.29) is 11.9 Å². The molecule has 2 atom stereocenters. The van der Waals surface area contributed by atoms with Crippen LogP contribution in [0.5, 0.6) is 0 Å². The molecular weight excluding hydrogens is 344 g/mol. The molecule has 0 bridgehead atoms. The van der Waals surface area contributed by atoms with E-state index in [0.717, 1.165) is 35.4 Å². The Balaban J connectivity index is 1.76. The average molecular weight is 371 g/mol. The predicted octanol–water partition coefficient (Wildman–Crippen LogP) is 4.45. The summed E-state index contributed by atoms with van der Waals surface area (Å²) in [6, 6.07) is 13.5. The Hall–Kier alpha value is -1.98. The van der Waals surface area contributed by atoms with Crippen LogP contribution in [-0.2, 0) is 11.4 Å². The van der Waals surface area contributed by atoms with Gasteiger partial charge in [-0.1, -0.05) is 18.2 Å². The molecule has 0 aliphatic carbocycles. The van der Waals surface area contributed by atoms with E-state index < -0.39 is 11.4 Å². The molecule has 4 nitrogen and oxygen atoms in total. The van der Waals surface area contributed by atoms with Crippen molar-refractivity contribution in [2.45, 2.75) is 51.0 Å². The normalized spacial score (nSPS) is 18.5. The van der Waals surface area contributed by atoms with Crippen molar-refractivity contribution in [2.75, 3.05) is 11.3 Å². The summed E-state index contributed by atoms with van der Waals surface area (Å²) in [4.78, 5) is 15.6. The Morgan fingerprint density at radius 3 is 2.77 bits per heavy atom. The molecule has 5 heteroatoms. The topological polar surface area (TPSA) is 55.4 Å². The summed E-state index contributed by atoms with van der Waals surface area (Å²) in [5.41, 5.74) is 3.39. The summed E-state index contributed by atoms with van der Waals surface area (Å²) in [5.74, 6) is 0.0540. The van der Waals surface area contributed by atoms with Gasteiger partial charge in [-0.2, -0.15) is 0 Å². The molecule has 0 saturated carbocycles. The SMILES string of the molecule is Cc1ccc(C)c([S+]([O-])Nc2cccc(C(=O)N3CCCCC3C)c2)c1. The Morgan fingerprint density at radius 2 is 2.00 bits per heavy atom. The minimum atomic E-state index is -1.36. The average Bonchev–Trinajstić information content (AvgIpc) is 2.63. The third kappa shape index (κ3) is 4.22. The molecule has 1 aliphatic rings. The summed E-state index contributed by atoms with van der Waals surface area (Å²) >= 11 is -1.36. The first-order valence-electron chi connectivity index (χ1n) is 9.12. The van der Waals surface area contributed by atoms with E-state index in [1.807, 2.05) is 55.1 Å². The highest BCUT2D eigenvalue weighted by Gasteiger charge is 2.24. The highest BCUT2D eigenvalue weighted by Crippen LogP contribution is 2.23. The van der Waals surface area contributed by atoms with Crippen molar-refractivity contribution in [3.8, 4) is 0 Å². The summed E-state index contributed by atoms with van der Waals surface area (Å²) < 4.78 is 15.8. The molecule has 1 fully saturated rings. The molecule has 1 amide bonds. The van der Waals surface area contributed by atoms with Gasteiger partial charge in [0.25, 0.3) is 5.91 Å². The van der Waals surface area contributed by atoms with Gasteiger partial charge < -0.3 is 9.45 Å². The van der Waals surface area contributed by atoms with Crippen LogP contribution in [0.2, 0.25) is 0 Å². The smallest absolute Gasteiger partial charge is 0.254 e. The third-order valence-electron chi connectivity index (χ3n) is 4.93. The number of benzene rings is 2. The molecular formula is C21H26N2O2S. The molecule has 138 valence electrons. The summed E-state index contributed by atoms with van der Waals surface area (Å²) in [5, 5.41) is 0. The van der Waals surface area contributed by atoms with Crippen molar-refractivity contribution in [3.63, 3.8) is 0 Å². The highest BCUT2D eigenvalue weighted by molar-refractivity contribution is 7.92. The van der Waals surface area contributed by atoms with Crippen molar-refractivity contribution in [1.82, 2.24) is 4.90 Å². The maximum Gasteiger partial charge on any atom is 0.254 e. The van der Waals surface area contributed by atoms with E-state index in [9.17, 15) is 9.35 Å². The minimum absolute atomic E-state index is 0.0540. The number of anilines is 1. The van der Waals surface area contributed by atoms with Crippen LogP contribution in [0.1, 0.15) is 47.7 Å². The number of nitrogens with zero attached hydrogens (tertiary/aromatic N) is 1. The zero-order valence-electron chi connectivity index (χ0n) is 15.6. The Bertz CT molecular complexity index is 793. The number of carbonyl (C=O) groups is 1. The molecule has 0 radical (unpaired) electrons. The van der Waals surface area contributed by atoms with Crippen LogP contribution in [0.25, 0.3) is 0 Å². The number of hydrogen-bond donors (Lipinski definition) is 1. The van der Waals surface area contributed by atoms with Crippen LogP contribution in [0.15, 0.2) is 47.4 Å². The fourth-order valence-corrected chi connectivity index (χ4v) is 4.45. The lowest BCUT2D eigenvalue weighted by Gasteiger charge is -2.33. The maximum atomic E-state index is 12.8. The van der Waals surface area contributed by atoms with Gasteiger partial charge in [-0.3, -0.25) is 4.79 Å². The molecule has 2 aromatic carbocycles. The quantitative estimate of drug-likeness (QED) is 0.809. The number of nitrogens with one attached hydrogen (secondary N) is 1. The Labute approximate surface area is 158 Å². The molecule has 1 aliphatic heterocycles. The van der Waals surface area contributed by atoms with Crippen molar-refractivity contribution < 1.29 is 9.35 Å². The van der Waals surface area contributed by atoms with Crippen molar-refractivity contribution in [3.05, 3.63) is 59.2 Å². The number of hydrogen-bond acceptors (Lipinski definition) is 3. The van der Waals surface area contributed by atoms with Gasteiger partial charge >= 0.3 is 0 Å². The zero-order valence-corrected chi connectivity index (χ0v) is 16.4. The fraction of sp³-hybridized carbons (Fsp3) is 0.381. The Morgan fingerprint density at radius 1 is 1.19 bits per heavy atom. The fourth-order valence-electron chi connectivity index (χ4n) is 3.35. The van der Waals surface area contributed by atoms with Gasteiger partial charge in [0.1, 0.15) is 11.4 Å². The van der Waals surface area contributed by atoms with Gasteiger partial charge in [0, 0.05) is 23.7 Å². The largest absolute Gasteiger partial charge is 0.588 e. The van der Waals surface area contributed by atoms with Crippen LogP contribution < -0.4 is 4.72 Å². The predicted molar refractivity (Wildman–Crippen MR) is 107 cm³/mol. The first kappa shape index (κ1) is 18.8. The second kappa shape index (κ2) is 8.14. The van der Waals surface area contributed by atoms with Gasteiger partial charge in [0.05, 0.1) is 5.69 Å². The van der Waals surface area contributed by atoms with E-state index in [0.29, 0.717) is 11.3 Å². The molecule has 26 heavy (non-hydrogen) atoms. The minimum Gasteiger partial charge on any atom is -0.588 e. The third-order valence-corrected chi connectivity index (χ3v) is 6.19. The highest BCUT2D eigenvalue weighted by atomic mass is 32.2. The lowest BCUT2D eigenvalue weighted by molar-refractivity contribution is 0.0635. The van der Waals surface area contributed by atoms with Crippen LogP contribution in [0.4, 0.5) is 5.69 Å². The van der Waals surface area contributed by atoms with Crippen molar-refractivity contribution >= 4 is 23.0 Å². The van der Waals surface area contributed by atoms with E-state index in [1.165, 1.54) is 6.42 Å². The molecule has 3 rings (SSSR count). The van der Waals surface area contributed by atoms with E-state index in [4.69, 9.17) is 0 Å². The lowest BCUT2D eigenvalue weighted by atomic mass is 10.0. The van der Waals surface area contributed by atoms with Gasteiger partial charge in [-0.05, 0) is 69.9 Å². The van der Waals surface area contributed by atoms with Crippen molar-refractivity contribution in [2.24, 2.45) is 0 Å². The summed E-state index contributed by atoms with van der Waals surface area (Å²) in [6.07, 6.45) is 3.30. The molecule has 1 N–H and O–H groups in total. The second-order valence-corrected chi connectivity index (χ2v) is 8.25. The number of rotatable bonds is 4. The zero-order chi connectivity index (χ0) is 18.7. The monoisotopic (exact) mass is 370 g/mol. The second-order valence-electron chi connectivity index (χ2n) is 7.06. The number of amides is 1. The van der Waals surface area contributed by atoms with Crippen LogP contribution >= 0.6 is 0 Å². The molecule has 0 aromatic heterocycles. The van der Waals surface area contributed by atoms with Crippen molar-refractivity contribution in [1.29, 1.82) is 0 Å².